The second kappa shape index (κ2) is 12.9. The van der Waals surface area contributed by atoms with Crippen LogP contribution in [0.1, 0.15) is 25.0 Å². The molecule has 0 saturated carbocycles. The average Bonchev–Trinajstić information content (AvgIpc) is 3.77. The summed E-state index contributed by atoms with van der Waals surface area (Å²) in [7, 11) is 0. The van der Waals surface area contributed by atoms with Gasteiger partial charge in [0.1, 0.15) is 11.2 Å². The van der Waals surface area contributed by atoms with Crippen LogP contribution in [0.2, 0.25) is 0 Å². The lowest BCUT2D eigenvalue weighted by Gasteiger charge is -2.29. The van der Waals surface area contributed by atoms with Gasteiger partial charge in [-0.25, -0.2) is 9.97 Å². The van der Waals surface area contributed by atoms with Crippen LogP contribution >= 0.6 is 0 Å². The lowest BCUT2D eigenvalue weighted by Crippen LogP contribution is -2.16. The quantitative estimate of drug-likeness (QED) is 0.171. The van der Waals surface area contributed by atoms with E-state index in [-0.39, 0.29) is 5.41 Å². The van der Waals surface area contributed by atoms with E-state index >= 15 is 0 Å². The summed E-state index contributed by atoms with van der Waals surface area (Å²) < 4.78 is 6.44. The van der Waals surface area contributed by atoms with Crippen molar-refractivity contribution in [2.24, 2.45) is 0 Å². The minimum Gasteiger partial charge on any atom is -0.455 e. The SMILES string of the molecule is CC1(C)c2ccccc2-c2c(N(c3ccc(-c4nc(-c5ccccc5)c5ccccc5n4)cc3)c3ccc(-c4cccc5c4oc4ccccc45)cc3)cccc21. The van der Waals surface area contributed by atoms with E-state index in [1.807, 2.05) is 30.3 Å². The zero-order chi connectivity index (χ0) is 38.1. The molecule has 270 valence electrons. The van der Waals surface area contributed by atoms with Gasteiger partial charge < -0.3 is 9.32 Å². The van der Waals surface area contributed by atoms with Gasteiger partial charge in [0.05, 0.1) is 16.9 Å². The lowest BCUT2D eigenvalue weighted by atomic mass is 9.82. The van der Waals surface area contributed by atoms with Crippen LogP contribution in [0.3, 0.4) is 0 Å². The van der Waals surface area contributed by atoms with Crippen molar-refractivity contribution < 1.29 is 4.42 Å². The summed E-state index contributed by atoms with van der Waals surface area (Å²) in [6, 6.07) is 66.5. The topological polar surface area (TPSA) is 42.2 Å². The third-order valence-electron chi connectivity index (χ3n) is 11.7. The molecule has 2 aromatic heterocycles. The molecule has 0 unspecified atom stereocenters. The van der Waals surface area contributed by atoms with Gasteiger partial charge in [0, 0.05) is 55.2 Å². The number of hydrogen-bond acceptors (Lipinski definition) is 4. The van der Waals surface area contributed by atoms with Crippen molar-refractivity contribution in [1.29, 1.82) is 0 Å². The zero-order valence-electron chi connectivity index (χ0n) is 31.6. The van der Waals surface area contributed by atoms with Gasteiger partial charge in [-0.05, 0) is 76.9 Å². The Balaban J connectivity index is 1.06. The largest absolute Gasteiger partial charge is 0.455 e. The maximum absolute atomic E-state index is 6.44. The van der Waals surface area contributed by atoms with Crippen molar-refractivity contribution in [3.05, 3.63) is 199 Å². The molecule has 2 heterocycles. The highest BCUT2D eigenvalue weighted by atomic mass is 16.3. The van der Waals surface area contributed by atoms with Crippen LogP contribution in [0.25, 0.3) is 77.7 Å². The fourth-order valence-electron chi connectivity index (χ4n) is 8.89. The highest BCUT2D eigenvalue weighted by molar-refractivity contribution is 6.09. The number of nitrogens with zero attached hydrogens (tertiary/aromatic N) is 3. The van der Waals surface area contributed by atoms with Crippen LogP contribution in [0.4, 0.5) is 17.1 Å². The molecule has 1 aliphatic carbocycles. The molecule has 0 fully saturated rings. The molecule has 4 heteroatoms. The van der Waals surface area contributed by atoms with Crippen LogP contribution in [-0.2, 0) is 5.41 Å². The smallest absolute Gasteiger partial charge is 0.160 e. The maximum atomic E-state index is 6.44. The Morgan fingerprint density at radius 3 is 1.88 bits per heavy atom. The van der Waals surface area contributed by atoms with Gasteiger partial charge in [-0.1, -0.05) is 147 Å². The normalized spacial score (nSPS) is 12.9. The highest BCUT2D eigenvalue weighted by Crippen LogP contribution is 2.54. The second-order valence-corrected chi connectivity index (χ2v) is 15.4. The minimum absolute atomic E-state index is 0.129. The fraction of sp³-hybridized carbons (Fsp3) is 0.0566. The summed E-state index contributed by atoms with van der Waals surface area (Å²) in [5, 5.41) is 3.30. The molecule has 11 rings (SSSR count). The molecule has 4 nitrogen and oxygen atoms in total. The Labute approximate surface area is 331 Å². The van der Waals surface area contributed by atoms with Crippen molar-refractivity contribution in [2.75, 3.05) is 4.90 Å². The van der Waals surface area contributed by atoms with Crippen molar-refractivity contribution in [1.82, 2.24) is 9.97 Å². The van der Waals surface area contributed by atoms with Crippen molar-refractivity contribution in [2.45, 2.75) is 19.3 Å². The third kappa shape index (κ3) is 5.29. The molecule has 0 N–H and O–H groups in total. The lowest BCUT2D eigenvalue weighted by molar-refractivity contribution is 0.660. The average molecular weight is 732 g/mol. The van der Waals surface area contributed by atoms with Gasteiger partial charge in [0.2, 0.25) is 0 Å². The molecule has 0 saturated heterocycles. The van der Waals surface area contributed by atoms with E-state index in [1.54, 1.807) is 0 Å². The summed E-state index contributed by atoms with van der Waals surface area (Å²) in [6.07, 6.45) is 0. The van der Waals surface area contributed by atoms with Crippen molar-refractivity contribution in [3.8, 4) is 44.9 Å². The van der Waals surface area contributed by atoms with Gasteiger partial charge in [-0.15, -0.1) is 0 Å². The Bertz CT molecular complexity index is 3140. The summed E-state index contributed by atoms with van der Waals surface area (Å²) in [5.74, 6) is 0.700. The third-order valence-corrected chi connectivity index (χ3v) is 11.7. The molecule has 0 amide bonds. The summed E-state index contributed by atoms with van der Waals surface area (Å²) in [5.41, 5.74) is 16.2. The summed E-state index contributed by atoms with van der Waals surface area (Å²) >= 11 is 0. The standard InChI is InChI=1S/C53H37N3O/c1-53(2)44-21-9-6-17-42(44)49-45(53)22-13-24-47(49)56(37-30-26-34(27-31-37)39-19-12-20-41-40-16-8-11-25-48(40)57-51(39)41)38-32-28-36(29-33-38)52-54-46-23-10-7-18-43(46)50(55-52)35-14-4-3-5-15-35/h3-33H,1-2H3. The van der Waals surface area contributed by atoms with Gasteiger partial charge in [-0.2, -0.15) is 0 Å². The van der Waals surface area contributed by atoms with E-state index in [9.17, 15) is 0 Å². The minimum atomic E-state index is -0.129. The van der Waals surface area contributed by atoms with Crippen LogP contribution in [0.15, 0.2) is 192 Å². The van der Waals surface area contributed by atoms with E-state index < -0.39 is 0 Å². The molecule has 0 spiro atoms. The van der Waals surface area contributed by atoms with Gasteiger partial charge >= 0.3 is 0 Å². The predicted molar refractivity (Wildman–Crippen MR) is 235 cm³/mol. The van der Waals surface area contributed by atoms with E-state index in [4.69, 9.17) is 14.4 Å². The zero-order valence-corrected chi connectivity index (χ0v) is 31.6. The first-order chi connectivity index (χ1) is 28.0. The molecule has 8 aromatic carbocycles. The van der Waals surface area contributed by atoms with Gasteiger partial charge in [-0.3, -0.25) is 0 Å². The van der Waals surface area contributed by atoms with E-state index in [0.29, 0.717) is 5.82 Å². The number of rotatable bonds is 6. The number of anilines is 3. The first kappa shape index (κ1) is 33.1. The molecule has 0 bridgehead atoms. The number of benzene rings is 8. The van der Waals surface area contributed by atoms with Crippen molar-refractivity contribution in [3.63, 3.8) is 0 Å². The summed E-state index contributed by atoms with van der Waals surface area (Å²) in [6.45, 7) is 4.67. The predicted octanol–water partition coefficient (Wildman–Crippen LogP) is 14.3. The van der Waals surface area contributed by atoms with Crippen LogP contribution in [0.5, 0.6) is 0 Å². The fourth-order valence-corrected chi connectivity index (χ4v) is 8.89. The van der Waals surface area contributed by atoms with Gasteiger partial charge in [0.25, 0.3) is 0 Å². The first-order valence-electron chi connectivity index (χ1n) is 19.5. The van der Waals surface area contributed by atoms with Crippen LogP contribution < -0.4 is 4.90 Å². The van der Waals surface area contributed by atoms with E-state index in [0.717, 1.165) is 77.9 Å². The molecule has 0 radical (unpaired) electrons. The summed E-state index contributed by atoms with van der Waals surface area (Å²) in [4.78, 5) is 12.6. The second-order valence-electron chi connectivity index (χ2n) is 15.4. The first-order valence-corrected chi connectivity index (χ1v) is 19.5. The van der Waals surface area contributed by atoms with E-state index in [2.05, 4.69) is 176 Å². The molecule has 1 aliphatic rings. The number of aromatic nitrogens is 2. The van der Waals surface area contributed by atoms with Crippen LogP contribution in [0, 0.1) is 0 Å². The number of fused-ring (bicyclic) bond motifs is 7. The molecular formula is C53H37N3O. The number of hydrogen-bond donors (Lipinski definition) is 0. The van der Waals surface area contributed by atoms with Crippen molar-refractivity contribution >= 4 is 49.9 Å². The van der Waals surface area contributed by atoms with Gasteiger partial charge in [0.15, 0.2) is 5.82 Å². The Morgan fingerprint density at radius 2 is 1.07 bits per heavy atom. The molecular weight excluding hydrogens is 695 g/mol. The maximum Gasteiger partial charge on any atom is 0.160 e. The Kier molecular flexibility index (Phi) is 7.48. The van der Waals surface area contributed by atoms with Crippen LogP contribution in [-0.4, -0.2) is 9.97 Å². The molecule has 0 atom stereocenters. The number of furan rings is 1. The highest BCUT2D eigenvalue weighted by Gasteiger charge is 2.37. The molecule has 57 heavy (non-hydrogen) atoms. The Hall–Kier alpha value is -7.30. The molecule has 0 aliphatic heterocycles. The molecule has 10 aromatic rings. The Morgan fingerprint density at radius 1 is 0.456 bits per heavy atom. The number of para-hydroxylation sites is 3. The van der Waals surface area contributed by atoms with E-state index in [1.165, 1.54) is 22.3 Å². The monoisotopic (exact) mass is 731 g/mol.